The maximum atomic E-state index is 11.1. The standard InChI is InChI=1S/C11H18N4O2S/c1-9-7-12-8-11(13-9)15-5-3-10(4-6-15)14-18(2,16)17/h7-8,10,14H,3-6H2,1-2H3. The van der Waals surface area contributed by atoms with Crippen molar-refractivity contribution >= 4 is 15.8 Å². The summed E-state index contributed by atoms with van der Waals surface area (Å²) in [5.74, 6) is 0.868. The van der Waals surface area contributed by atoms with Crippen molar-refractivity contribution in [1.82, 2.24) is 14.7 Å². The van der Waals surface area contributed by atoms with Crippen molar-refractivity contribution in [3.05, 3.63) is 18.1 Å². The minimum absolute atomic E-state index is 0.0361. The molecule has 1 aliphatic heterocycles. The number of nitrogens with zero attached hydrogens (tertiary/aromatic N) is 3. The van der Waals surface area contributed by atoms with Crippen molar-refractivity contribution in [2.45, 2.75) is 25.8 Å². The van der Waals surface area contributed by atoms with Gasteiger partial charge in [0.1, 0.15) is 5.82 Å². The zero-order chi connectivity index (χ0) is 13.2. The molecule has 0 bridgehead atoms. The van der Waals surface area contributed by atoms with E-state index in [1.807, 2.05) is 6.92 Å². The summed E-state index contributed by atoms with van der Waals surface area (Å²) in [6.45, 7) is 3.51. The van der Waals surface area contributed by atoms with Crippen LogP contribution >= 0.6 is 0 Å². The number of hydrogen-bond donors (Lipinski definition) is 1. The van der Waals surface area contributed by atoms with Crippen LogP contribution in [0.1, 0.15) is 18.5 Å². The van der Waals surface area contributed by atoms with E-state index < -0.39 is 10.0 Å². The van der Waals surface area contributed by atoms with E-state index in [1.54, 1.807) is 12.4 Å². The van der Waals surface area contributed by atoms with Gasteiger partial charge in [-0.05, 0) is 19.8 Å². The second-order valence-electron chi connectivity index (χ2n) is 4.67. The van der Waals surface area contributed by atoms with Crippen LogP contribution in [0.3, 0.4) is 0 Å². The predicted molar refractivity (Wildman–Crippen MR) is 70.0 cm³/mol. The summed E-state index contributed by atoms with van der Waals surface area (Å²) < 4.78 is 24.9. The summed E-state index contributed by atoms with van der Waals surface area (Å²) in [6, 6.07) is 0.0361. The molecule has 2 heterocycles. The number of aryl methyl sites for hydroxylation is 1. The highest BCUT2D eigenvalue weighted by atomic mass is 32.2. The molecule has 0 amide bonds. The summed E-state index contributed by atoms with van der Waals surface area (Å²) in [5, 5.41) is 0. The van der Waals surface area contributed by atoms with E-state index in [0.29, 0.717) is 0 Å². The number of hydrogen-bond acceptors (Lipinski definition) is 5. The Morgan fingerprint density at radius 2 is 2.00 bits per heavy atom. The number of sulfonamides is 1. The van der Waals surface area contributed by atoms with Crippen molar-refractivity contribution < 1.29 is 8.42 Å². The van der Waals surface area contributed by atoms with Gasteiger partial charge in [-0.25, -0.2) is 18.1 Å². The Morgan fingerprint density at radius 3 is 2.56 bits per heavy atom. The Balaban J connectivity index is 1.94. The third kappa shape index (κ3) is 3.64. The molecule has 0 saturated carbocycles. The largest absolute Gasteiger partial charge is 0.355 e. The summed E-state index contributed by atoms with van der Waals surface area (Å²) >= 11 is 0. The maximum absolute atomic E-state index is 11.1. The Kier molecular flexibility index (Phi) is 3.82. The molecule has 1 aromatic heterocycles. The van der Waals surface area contributed by atoms with E-state index in [4.69, 9.17) is 0 Å². The minimum Gasteiger partial charge on any atom is -0.355 e. The fourth-order valence-electron chi connectivity index (χ4n) is 2.13. The monoisotopic (exact) mass is 270 g/mol. The highest BCUT2D eigenvalue weighted by molar-refractivity contribution is 7.88. The second kappa shape index (κ2) is 5.19. The normalized spacial score (nSPS) is 18.0. The van der Waals surface area contributed by atoms with Gasteiger partial charge >= 0.3 is 0 Å². The molecule has 0 atom stereocenters. The molecule has 0 radical (unpaired) electrons. The zero-order valence-electron chi connectivity index (χ0n) is 10.6. The number of piperidine rings is 1. The van der Waals surface area contributed by atoms with Gasteiger partial charge in [0.05, 0.1) is 18.1 Å². The topological polar surface area (TPSA) is 75.2 Å². The van der Waals surface area contributed by atoms with Gasteiger partial charge in [-0.2, -0.15) is 0 Å². The molecule has 2 rings (SSSR count). The number of rotatable bonds is 3. The molecule has 1 N–H and O–H groups in total. The van der Waals surface area contributed by atoms with Crippen molar-refractivity contribution in [2.75, 3.05) is 24.2 Å². The van der Waals surface area contributed by atoms with Crippen LogP contribution in [-0.4, -0.2) is 43.8 Å². The first-order chi connectivity index (χ1) is 8.44. The van der Waals surface area contributed by atoms with Crippen LogP contribution in [0.25, 0.3) is 0 Å². The van der Waals surface area contributed by atoms with E-state index in [9.17, 15) is 8.42 Å². The Labute approximate surface area is 107 Å². The Hall–Kier alpha value is -1.21. The third-order valence-corrected chi connectivity index (χ3v) is 3.70. The van der Waals surface area contributed by atoms with E-state index in [2.05, 4.69) is 19.6 Å². The number of aromatic nitrogens is 2. The van der Waals surface area contributed by atoms with E-state index in [-0.39, 0.29) is 6.04 Å². The first kappa shape index (κ1) is 13.2. The predicted octanol–water partition coefficient (Wildman–Crippen LogP) is 0.303. The van der Waals surface area contributed by atoms with Crippen molar-refractivity contribution in [3.8, 4) is 0 Å². The van der Waals surface area contributed by atoms with Gasteiger partial charge in [0.2, 0.25) is 10.0 Å². The molecule has 7 heteroatoms. The van der Waals surface area contributed by atoms with Crippen molar-refractivity contribution in [2.24, 2.45) is 0 Å². The highest BCUT2D eigenvalue weighted by Crippen LogP contribution is 2.17. The summed E-state index contributed by atoms with van der Waals surface area (Å²) in [4.78, 5) is 10.7. The molecular formula is C11H18N4O2S. The lowest BCUT2D eigenvalue weighted by Gasteiger charge is -2.32. The van der Waals surface area contributed by atoms with Gasteiger partial charge in [0.25, 0.3) is 0 Å². The fraction of sp³-hybridized carbons (Fsp3) is 0.636. The van der Waals surface area contributed by atoms with Crippen molar-refractivity contribution in [3.63, 3.8) is 0 Å². The first-order valence-electron chi connectivity index (χ1n) is 5.95. The van der Waals surface area contributed by atoms with Crippen LogP contribution in [-0.2, 0) is 10.0 Å². The quantitative estimate of drug-likeness (QED) is 0.855. The van der Waals surface area contributed by atoms with Gasteiger partial charge in [-0.3, -0.25) is 4.98 Å². The minimum atomic E-state index is -3.11. The Bertz CT molecular complexity index is 510. The average molecular weight is 270 g/mol. The Morgan fingerprint density at radius 1 is 1.33 bits per heavy atom. The molecule has 0 unspecified atom stereocenters. The summed E-state index contributed by atoms with van der Waals surface area (Å²) in [6.07, 6.45) is 6.26. The number of anilines is 1. The lowest BCUT2D eigenvalue weighted by Crippen LogP contribution is -2.44. The van der Waals surface area contributed by atoms with E-state index >= 15 is 0 Å². The summed E-state index contributed by atoms with van der Waals surface area (Å²) in [7, 11) is -3.11. The van der Waals surface area contributed by atoms with Crippen LogP contribution in [0.15, 0.2) is 12.4 Å². The first-order valence-corrected chi connectivity index (χ1v) is 7.84. The fourth-order valence-corrected chi connectivity index (χ4v) is 2.97. The summed E-state index contributed by atoms with van der Waals surface area (Å²) in [5.41, 5.74) is 0.892. The second-order valence-corrected chi connectivity index (χ2v) is 6.45. The van der Waals surface area contributed by atoms with Crippen LogP contribution in [0.5, 0.6) is 0 Å². The molecule has 0 aromatic carbocycles. The molecule has 100 valence electrons. The molecule has 1 saturated heterocycles. The third-order valence-electron chi connectivity index (χ3n) is 2.94. The maximum Gasteiger partial charge on any atom is 0.208 e. The highest BCUT2D eigenvalue weighted by Gasteiger charge is 2.22. The zero-order valence-corrected chi connectivity index (χ0v) is 11.4. The van der Waals surface area contributed by atoms with E-state index in [0.717, 1.165) is 37.4 Å². The van der Waals surface area contributed by atoms with E-state index in [1.165, 1.54) is 6.26 Å². The van der Waals surface area contributed by atoms with Crippen LogP contribution in [0.2, 0.25) is 0 Å². The van der Waals surface area contributed by atoms with Crippen LogP contribution in [0, 0.1) is 6.92 Å². The van der Waals surface area contributed by atoms with Gasteiger partial charge in [-0.15, -0.1) is 0 Å². The smallest absolute Gasteiger partial charge is 0.208 e. The molecule has 1 aliphatic rings. The lowest BCUT2D eigenvalue weighted by atomic mass is 10.1. The molecular weight excluding hydrogens is 252 g/mol. The van der Waals surface area contributed by atoms with Gasteiger partial charge < -0.3 is 4.90 Å². The van der Waals surface area contributed by atoms with Gasteiger partial charge in [0.15, 0.2) is 0 Å². The lowest BCUT2D eigenvalue weighted by molar-refractivity contribution is 0.459. The average Bonchev–Trinajstić information content (AvgIpc) is 2.28. The van der Waals surface area contributed by atoms with Gasteiger partial charge in [0, 0.05) is 25.3 Å². The molecule has 18 heavy (non-hydrogen) atoms. The van der Waals surface area contributed by atoms with Crippen molar-refractivity contribution in [1.29, 1.82) is 0 Å². The number of nitrogens with one attached hydrogen (secondary N) is 1. The van der Waals surface area contributed by atoms with Gasteiger partial charge in [-0.1, -0.05) is 0 Å². The SMILES string of the molecule is Cc1cncc(N2CCC(NS(C)(=O)=O)CC2)n1. The molecule has 0 aliphatic carbocycles. The molecule has 1 aromatic rings. The molecule has 1 fully saturated rings. The van der Waals surface area contributed by atoms with Crippen LogP contribution in [0.4, 0.5) is 5.82 Å². The molecule has 6 nitrogen and oxygen atoms in total. The molecule has 0 spiro atoms. The van der Waals surface area contributed by atoms with Crippen LogP contribution < -0.4 is 9.62 Å².